The van der Waals surface area contributed by atoms with Gasteiger partial charge in [-0.1, -0.05) is 48.5 Å². The first-order valence-corrected chi connectivity index (χ1v) is 13.3. The van der Waals surface area contributed by atoms with Crippen molar-refractivity contribution >= 4 is 17.3 Å². The summed E-state index contributed by atoms with van der Waals surface area (Å²) in [5, 5.41) is 16.3. The maximum atomic E-state index is 11.5. The average molecular weight is 505 g/mol. The fourth-order valence-corrected chi connectivity index (χ4v) is 5.82. The van der Waals surface area contributed by atoms with Crippen molar-refractivity contribution in [2.75, 3.05) is 29.9 Å². The molecule has 2 aliphatic heterocycles. The maximum Gasteiger partial charge on any atom is 0.337 e. The minimum absolute atomic E-state index is 0.0973. The molecule has 6 rings (SSSR count). The average Bonchev–Trinajstić information content (AvgIpc) is 2.95. The molecule has 2 aliphatic rings. The molecule has 4 aromatic rings. The van der Waals surface area contributed by atoms with Gasteiger partial charge in [0.2, 0.25) is 0 Å². The summed E-state index contributed by atoms with van der Waals surface area (Å²) in [7, 11) is 0. The number of aromatic carboxylic acids is 1. The monoisotopic (exact) mass is 504 g/mol. The molecule has 0 unspecified atom stereocenters. The van der Waals surface area contributed by atoms with Gasteiger partial charge in [0.15, 0.2) is 0 Å². The topological polar surface area (TPSA) is 77.5 Å². The Kier molecular flexibility index (Phi) is 6.56. The van der Waals surface area contributed by atoms with Crippen LogP contribution in [0.25, 0.3) is 11.1 Å². The standard InChI is InChI=1S/C32H32N4O2/c1-21-16-26(36-15-12-22-4-2-3-5-25(22)20-36)7-9-27(21)23-6-8-28-24(17-23)10-14-34-31(28)19-35-30-18-33-13-11-29(30)32(37)38/h2-9,11,13,16-18,31,34-35H,10,12,14-15,19-20H2,1H3,(H,37,38)/t31-/m0/s1. The van der Waals surface area contributed by atoms with E-state index in [1.807, 2.05) is 0 Å². The lowest BCUT2D eigenvalue weighted by Crippen LogP contribution is -2.34. The fraction of sp³-hybridized carbons (Fsp3) is 0.250. The van der Waals surface area contributed by atoms with Crippen molar-refractivity contribution in [1.82, 2.24) is 10.3 Å². The number of carboxylic acids is 1. The molecule has 0 saturated heterocycles. The molecule has 6 nitrogen and oxygen atoms in total. The number of nitrogens with zero attached hydrogens (tertiary/aromatic N) is 2. The Bertz CT molecular complexity index is 1500. The Labute approximate surface area is 223 Å². The number of aromatic nitrogens is 1. The summed E-state index contributed by atoms with van der Waals surface area (Å²) in [5.41, 5.74) is 11.3. The van der Waals surface area contributed by atoms with Crippen LogP contribution in [0, 0.1) is 6.92 Å². The summed E-state index contributed by atoms with van der Waals surface area (Å²) in [6.45, 7) is 5.69. The zero-order valence-electron chi connectivity index (χ0n) is 21.6. The molecule has 0 spiro atoms. The summed E-state index contributed by atoms with van der Waals surface area (Å²) >= 11 is 0. The molecule has 38 heavy (non-hydrogen) atoms. The van der Waals surface area contributed by atoms with Crippen LogP contribution in [0.1, 0.15) is 44.2 Å². The van der Waals surface area contributed by atoms with Gasteiger partial charge >= 0.3 is 5.97 Å². The summed E-state index contributed by atoms with van der Waals surface area (Å²) in [6, 6.07) is 24.0. The number of nitrogens with one attached hydrogen (secondary N) is 2. The van der Waals surface area contributed by atoms with Crippen LogP contribution < -0.4 is 15.5 Å². The van der Waals surface area contributed by atoms with E-state index < -0.39 is 5.97 Å². The van der Waals surface area contributed by atoms with Crippen molar-refractivity contribution in [2.24, 2.45) is 0 Å². The third kappa shape index (κ3) is 4.75. The van der Waals surface area contributed by atoms with Gasteiger partial charge in [-0.25, -0.2) is 4.79 Å². The highest BCUT2D eigenvalue weighted by Crippen LogP contribution is 2.33. The van der Waals surface area contributed by atoms with Crippen molar-refractivity contribution in [3.8, 4) is 11.1 Å². The van der Waals surface area contributed by atoms with Crippen LogP contribution in [-0.2, 0) is 19.4 Å². The number of aryl methyl sites for hydroxylation is 1. The first-order chi connectivity index (χ1) is 18.6. The van der Waals surface area contributed by atoms with Gasteiger partial charge in [0.05, 0.1) is 17.4 Å². The molecule has 0 aliphatic carbocycles. The van der Waals surface area contributed by atoms with Crippen LogP contribution in [0.5, 0.6) is 0 Å². The zero-order chi connectivity index (χ0) is 26.1. The third-order valence-corrected chi connectivity index (χ3v) is 7.87. The Hall–Kier alpha value is -4.16. The van der Waals surface area contributed by atoms with Crippen LogP contribution in [0.3, 0.4) is 0 Å². The number of fused-ring (bicyclic) bond motifs is 2. The summed E-state index contributed by atoms with van der Waals surface area (Å²) in [6.07, 6.45) is 5.14. The van der Waals surface area contributed by atoms with Crippen LogP contribution in [-0.4, -0.2) is 35.7 Å². The SMILES string of the molecule is Cc1cc(N2CCc3ccccc3C2)ccc1-c1ccc2c(c1)CCN[C@H]2CNc1cnccc1C(=O)O. The van der Waals surface area contributed by atoms with Crippen LogP contribution in [0.15, 0.2) is 79.1 Å². The van der Waals surface area contributed by atoms with Gasteiger partial charge in [0, 0.05) is 37.6 Å². The Morgan fingerprint density at radius 2 is 1.92 bits per heavy atom. The first kappa shape index (κ1) is 24.2. The van der Waals surface area contributed by atoms with Gasteiger partial charge in [-0.2, -0.15) is 0 Å². The molecular weight excluding hydrogens is 472 g/mol. The summed E-state index contributed by atoms with van der Waals surface area (Å²) in [4.78, 5) is 18.1. The minimum atomic E-state index is -0.956. The quantitative estimate of drug-likeness (QED) is 0.317. The Morgan fingerprint density at radius 3 is 2.76 bits per heavy atom. The molecule has 6 heteroatoms. The molecule has 0 saturated carbocycles. The highest BCUT2D eigenvalue weighted by molar-refractivity contribution is 5.93. The number of pyridine rings is 1. The van der Waals surface area contributed by atoms with E-state index in [1.165, 1.54) is 56.9 Å². The largest absolute Gasteiger partial charge is 0.478 e. The minimum Gasteiger partial charge on any atom is -0.478 e. The van der Waals surface area contributed by atoms with E-state index in [0.29, 0.717) is 12.2 Å². The number of benzene rings is 3. The summed E-state index contributed by atoms with van der Waals surface area (Å²) < 4.78 is 0. The highest BCUT2D eigenvalue weighted by Gasteiger charge is 2.22. The van der Waals surface area contributed by atoms with E-state index >= 15 is 0 Å². The van der Waals surface area contributed by atoms with Crippen molar-refractivity contribution in [3.05, 3.63) is 113 Å². The number of rotatable bonds is 6. The molecule has 3 aromatic carbocycles. The molecule has 0 bridgehead atoms. The maximum absolute atomic E-state index is 11.5. The van der Waals surface area contributed by atoms with E-state index in [9.17, 15) is 9.90 Å². The second kappa shape index (κ2) is 10.3. The van der Waals surface area contributed by atoms with Crippen molar-refractivity contribution in [2.45, 2.75) is 32.4 Å². The molecule has 0 radical (unpaired) electrons. The van der Waals surface area contributed by atoms with E-state index in [2.05, 4.69) is 88.1 Å². The molecule has 0 fully saturated rings. The smallest absolute Gasteiger partial charge is 0.337 e. The van der Waals surface area contributed by atoms with Crippen LogP contribution in [0.4, 0.5) is 11.4 Å². The molecule has 3 N–H and O–H groups in total. The van der Waals surface area contributed by atoms with Crippen molar-refractivity contribution in [1.29, 1.82) is 0 Å². The molecule has 1 aromatic heterocycles. The predicted molar refractivity (Wildman–Crippen MR) is 152 cm³/mol. The van der Waals surface area contributed by atoms with Crippen LogP contribution in [0.2, 0.25) is 0 Å². The summed E-state index contributed by atoms with van der Waals surface area (Å²) in [5.74, 6) is -0.956. The van der Waals surface area contributed by atoms with E-state index in [0.717, 1.165) is 32.5 Å². The van der Waals surface area contributed by atoms with Gasteiger partial charge in [0.25, 0.3) is 0 Å². The molecule has 1 atom stereocenters. The van der Waals surface area contributed by atoms with Crippen molar-refractivity contribution in [3.63, 3.8) is 0 Å². The lowest BCUT2D eigenvalue weighted by Gasteiger charge is -2.31. The molecule has 192 valence electrons. The molecule has 0 amide bonds. The predicted octanol–water partition coefficient (Wildman–Crippen LogP) is 5.62. The van der Waals surface area contributed by atoms with Crippen molar-refractivity contribution < 1.29 is 9.90 Å². The van der Waals surface area contributed by atoms with Gasteiger partial charge in [-0.05, 0) is 83.5 Å². The number of hydrogen-bond donors (Lipinski definition) is 3. The van der Waals surface area contributed by atoms with E-state index in [1.54, 1.807) is 6.20 Å². The fourth-order valence-electron chi connectivity index (χ4n) is 5.82. The number of hydrogen-bond acceptors (Lipinski definition) is 5. The number of anilines is 2. The zero-order valence-corrected chi connectivity index (χ0v) is 21.6. The number of carbonyl (C=O) groups is 1. The molecular formula is C32H32N4O2. The first-order valence-electron chi connectivity index (χ1n) is 13.3. The third-order valence-electron chi connectivity index (χ3n) is 7.87. The lowest BCUT2D eigenvalue weighted by atomic mass is 9.89. The van der Waals surface area contributed by atoms with E-state index in [4.69, 9.17) is 0 Å². The van der Waals surface area contributed by atoms with Gasteiger partial charge < -0.3 is 20.6 Å². The Morgan fingerprint density at radius 1 is 1.05 bits per heavy atom. The molecule has 3 heterocycles. The lowest BCUT2D eigenvalue weighted by molar-refractivity contribution is 0.0697. The second-order valence-electron chi connectivity index (χ2n) is 10.2. The van der Waals surface area contributed by atoms with Gasteiger partial charge in [-0.15, -0.1) is 0 Å². The van der Waals surface area contributed by atoms with E-state index in [-0.39, 0.29) is 11.6 Å². The van der Waals surface area contributed by atoms with Gasteiger partial charge in [0.1, 0.15) is 0 Å². The number of carboxylic acid groups (broad SMARTS) is 1. The van der Waals surface area contributed by atoms with Crippen LogP contribution >= 0.6 is 0 Å². The second-order valence-corrected chi connectivity index (χ2v) is 10.2. The van der Waals surface area contributed by atoms with Gasteiger partial charge in [-0.3, -0.25) is 4.98 Å². The Balaban J connectivity index is 1.20. The highest BCUT2D eigenvalue weighted by atomic mass is 16.4. The normalized spacial score (nSPS) is 16.4.